The van der Waals surface area contributed by atoms with Gasteiger partial charge in [0.1, 0.15) is 0 Å². The molecule has 6 heteroatoms. The van der Waals surface area contributed by atoms with Gasteiger partial charge in [-0.25, -0.2) is 0 Å². The maximum absolute atomic E-state index is 13.2. The van der Waals surface area contributed by atoms with Crippen molar-refractivity contribution in [2.75, 3.05) is 0 Å². The zero-order valence-electron chi connectivity index (χ0n) is 17.4. The van der Waals surface area contributed by atoms with E-state index in [1.54, 1.807) is 12.1 Å². The topological polar surface area (TPSA) is 46.5 Å². The summed E-state index contributed by atoms with van der Waals surface area (Å²) >= 11 is 1.81. The molecule has 3 aromatic rings. The number of aryl methyl sites for hydroxylation is 1. The molecule has 3 aromatic carbocycles. The summed E-state index contributed by atoms with van der Waals surface area (Å²) in [5.41, 5.74) is 1.04. The molecule has 30 heavy (non-hydrogen) atoms. The summed E-state index contributed by atoms with van der Waals surface area (Å²) in [6.45, 7) is 4.16. The fourth-order valence-corrected chi connectivity index (χ4v) is 9.87. The van der Waals surface area contributed by atoms with Crippen LogP contribution in [-0.4, -0.2) is 13.0 Å². The van der Waals surface area contributed by atoms with Gasteiger partial charge in [0.05, 0.1) is 9.48 Å². The second-order valence-electron chi connectivity index (χ2n) is 7.68. The minimum Gasteiger partial charge on any atom is -0.199 e. The van der Waals surface area contributed by atoms with Crippen molar-refractivity contribution in [3.63, 3.8) is 0 Å². The molecular formula is C24H27NO2S3. The third kappa shape index (κ3) is 4.51. The SMILES string of the molecule is CCCCCCC1Sc2cccc3cccc(c23)/S1=N/S(=O)(=O)c1ccc(C)cc1. The Bertz CT molecular complexity index is 1180. The highest BCUT2D eigenvalue weighted by molar-refractivity contribution is 8.14. The Hall–Kier alpha value is -1.63. The van der Waals surface area contributed by atoms with Crippen molar-refractivity contribution in [1.29, 1.82) is 0 Å². The van der Waals surface area contributed by atoms with Crippen LogP contribution in [0.1, 0.15) is 44.6 Å². The monoisotopic (exact) mass is 457 g/mol. The largest absolute Gasteiger partial charge is 0.288 e. The predicted octanol–water partition coefficient (Wildman–Crippen LogP) is 7.10. The van der Waals surface area contributed by atoms with Crippen LogP contribution in [0.15, 0.2) is 79.1 Å². The highest BCUT2D eigenvalue weighted by Gasteiger charge is 2.28. The second kappa shape index (κ2) is 9.25. The molecule has 0 spiro atoms. The fraction of sp³-hybridized carbons (Fsp3) is 0.333. The van der Waals surface area contributed by atoms with Crippen LogP contribution in [-0.2, 0) is 20.7 Å². The van der Waals surface area contributed by atoms with Gasteiger partial charge in [0.15, 0.2) is 0 Å². The van der Waals surface area contributed by atoms with Crippen LogP contribution in [0.5, 0.6) is 0 Å². The van der Waals surface area contributed by atoms with Crippen LogP contribution in [0, 0.1) is 6.92 Å². The zero-order valence-corrected chi connectivity index (χ0v) is 19.8. The van der Waals surface area contributed by atoms with E-state index in [-0.39, 0.29) is 9.48 Å². The number of rotatable bonds is 7. The summed E-state index contributed by atoms with van der Waals surface area (Å²) in [5, 5.41) is 2.32. The maximum Gasteiger partial charge on any atom is 0.288 e. The Morgan fingerprint density at radius 2 is 1.70 bits per heavy atom. The molecule has 0 amide bonds. The van der Waals surface area contributed by atoms with Gasteiger partial charge in [0.2, 0.25) is 0 Å². The molecule has 1 heterocycles. The molecule has 0 aliphatic carbocycles. The zero-order chi connectivity index (χ0) is 21.1. The van der Waals surface area contributed by atoms with Gasteiger partial charge in [-0.3, -0.25) is 0 Å². The molecule has 2 unspecified atom stereocenters. The van der Waals surface area contributed by atoms with E-state index in [0.29, 0.717) is 0 Å². The van der Waals surface area contributed by atoms with E-state index >= 15 is 0 Å². The Morgan fingerprint density at radius 3 is 2.43 bits per heavy atom. The summed E-state index contributed by atoms with van der Waals surface area (Å²) in [6, 6.07) is 19.5. The van der Waals surface area contributed by atoms with Crippen LogP contribution < -0.4 is 0 Å². The molecule has 2 atom stereocenters. The predicted molar refractivity (Wildman–Crippen MR) is 129 cm³/mol. The fourth-order valence-electron chi connectivity index (χ4n) is 3.73. The number of hydrogen-bond donors (Lipinski definition) is 0. The van der Waals surface area contributed by atoms with Crippen LogP contribution >= 0.6 is 11.8 Å². The highest BCUT2D eigenvalue weighted by Crippen LogP contribution is 2.45. The lowest BCUT2D eigenvalue weighted by molar-refractivity contribution is 0.598. The Balaban J connectivity index is 1.80. The number of benzene rings is 3. The molecule has 0 N–H and O–H groups in total. The standard InChI is InChI=1S/C24H27NO2S3/c1-3-4-5-6-13-23-28-21-11-7-9-19-10-8-12-22(24(19)21)29(23)25-30(26,27)20-16-14-18(2)15-17-20/h7-12,14-17,23H,3-6,13H2,1-2H3. The van der Waals surface area contributed by atoms with Crippen molar-refractivity contribution in [3.05, 3.63) is 66.2 Å². The third-order valence-electron chi connectivity index (χ3n) is 5.35. The van der Waals surface area contributed by atoms with Crippen molar-refractivity contribution in [1.82, 2.24) is 0 Å². The van der Waals surface area contributed by atoms with E-state index < -0.39 is 20.7 Å². The molecule has 0 saturated heterocycles. The Morgan fingerprint density at radius 1 is 0.967 bits per heavy atom. The maximum atomic E-state index is 13.2. The van der Waals surface area contributed by atoms with Crippen molar-refractivity contribution in [3.8, 4) is 0 Å². The lowest BCUT2D eigenvalue weighted by Gasteiger charge is -2.27. The first-order chi connectivity index (χ1) is 14.5. The van der Waals surface area contributed by atoms with Crippen molar-refractivity contribution < 1.29 is 8.42 Å². The van der Waals surface area contributed by atoms with E-state index in [9.17, 15) is 8.42 Å². The minimum absolute atomic E-state index is 0.155. The Kier molecular flexibility index (Phi) is 6.66. The molecule has 158 valence electrons. The molecule has 0 radical (unpaired) electrons. The number of thioether (sulfide) groups is 1. The van der Waals surface area contributed by atoms with Gasteiger partial charge in [-0.1, -0.05) is 74.6 Å². The number of unbranched alkanes of at least 4 members (excludes halogenated alkanes) is 3. The minimum atomic E-state index is -3.72. The average Bonchev–Trinajstić information content (AvgIpc) is 2.74. The number of sulfonamides is 1. The van der Waals surface area contributed by atoms with Crippen LogP contribution in [0.25, 0.3) is 10.8 Å². The number of nitrogens with zero attached hydrogens (tertiary/aromatic N) is 1. The normalized spacial score (nSPS) is 18.7. The molecule has 0 saturated carbocycles. The summed E-state index contributed by atoms with van der Waals surface area (Å²) in [4.78, 5) is 2.59. The lowest BCUT2D eigenvalue weighted by atomic mass is 10.1. The molecular weight excluding hydrogens is 430 g/mol. The van der Waals surface area contributed by atoms with E-state index in [0.717, 1.165) is 28.7 Å². The molecule has 0 bridgehead atoms. The first kappa shape index (κ1) is 21.6. The van der Waals surface area contributed by atoms with Crippen molar-refractivity contribution >= 4 is 43.2 Å². The first-order valence-corrected chi connectivity index (χ1v) is 14.0. The van der Waals surface area contributed by atoms with Gasteiger partial charge in [0.25, 0.3) is 10.0 Å². The second-order valence-corrected chi connectivity index (χ2v) is 12.9. The van der Waals surface area contributed by atoms with E-state index in [1.165, 1.54) is 29.5 Å². The van der Waals surface area contributed by atoms with E-state index in [1.807, 2.05) is 36.9 Å². The molecule has 3 nitrogen and oxygen atoms in total. The van der Waals surface area contributed by atoms with Crippen molar-refractivity contribution in [2.24, 2.45) is 3.77 Å². The number of hydrogen-bond acceptors (Lipinski definition) is 3. The highest BCUT2D eigenvalue weighted by atomic mass is 32.3. The summed E-state index contributed by atoms with van der Waals surface area (Å²) in [6.07, 6.45) is 5.67. The van der Waals surface area contributed by atoms with Crippen molar-refractivity contribution in [2.45, 2.75) is 65.2 Å². The van der Waals surface area contributed by atoms with Gasteiger partial charge < -0.3 is 0 Å². The van der Waals surface area contributed by atoms with Crippen LogP contribution in [0.3, 0.4) is 0 Å². The van der Waals surface area contributed by atoms with Crippen LogP contribution in [0.2, 0.25) is 0 Å². The van der Waals surface area contributed by atoms with E-state index in [2.05, 4.69) is 41.0 Å². The lowest BCUT2D eigenvalue weighted by Crippen LogP contribution is -2.17. The van der Waals surface area contributed by atoms with Crippen LogP contribution in [0.4, 0.5) is 0 Å². The average molecular weight is 458 g/mol. The van der Waals surface area contributed by atoms with Gasteiger partial charge in [-0.15, -0.1) is 15.5 Å². The molecule has 0 fully saturated rings. The smallest absolute Gasteiger partial charge is 0.199 e. The summed E-state index contributed by atoms with van der Waals surface area (Å²) in [7, 11) is -4.43. The van der Waals surface area contributed by atoms with Gasteiger partial charge in [-0.2, -0.15) is 8.42 Å². The molecule has 0 aromatic heterocycles. The first-order valence-electron chi connectivity index (χ1n) is 10.5. The summed E-state index contributed by atoms with van der Waals surface area (Å²) < 4.78 is 31.1. The van der Waals surface area contributed by atoms with E-state index in [4.69, 9.17) is 0 Å². The van der Waals surface area contributed by atoms with Gasteiger partial charge in [-0.05, 0) is 53.7 Å². The van der Waals surface area contributed by atoms with Gasteiger partial charge >= 0.3 is 0 Å². The van der Waals surface area contributed by atoms with Gasteiger partial charge in [0, 0.05) is 15.2 Å². The Labute approximate surface area is 186 Å². The quantitative estimate of drug-likeness (QED) is 0.355. The third-order valence-corrected chi connectivity index (χ3v) is 11.1. The molecule has 4 rings (SSSR count). The summed E-state index contributed by atoms with van der Waals surface area (Å²) in [5.74, 6) is 0. The molecule has 1 aliphatic rings. The molecule has 1 aliphatic heterocycles.